The van der Waals surface area contributed by atoms with E-state index in [1.807, 2.05) is 0 Å². The average Bonchev–Trinajstić information content (AvgIpc) is 2.15. The first-order valence-electron chi connectivity index (χ1n) is 3.91. The van der Waals surface area contributed by atoms with Crippen LogP contribution in [0.1, 0.15) is 10.4 Å². The molecule has 0 unspecified atom stereocenters. The molecule has 0 aromatic heterocycles. The second-order valence-electron chi connectivity index (χ2n) is 2.52. The number of rotatable bonds is 4. The first-order valence-corrected chi connectivity index (χ1v) is 4.90. The van der Waals surface area contributed by atoms with E-state index in [2.05, 4.69) is 0 Å². The van der Waals surface area contributed by atoms with Gasteiger partial charge in [-0.2, -0.15) is 0 Å². The molecule has 0 aliphatic heterocycles. The highest BCUT2D eigenvalue weighted by molar-refractivity contribution is 7.99. The van der Waals surface area contributed by atoms with Gasteiger partial charge in [0, 0.05) is 10.6 Å². The van der Waals surface area contributed by atoms with Gasteiger partial charge in [-0.1, -0.05) is 0 Å². The van der Waals surface area contributed by atoms with E-state index in [0.29, 0.717) is 10.6 Å². The van der Waals surface area contributed by atoms with Crippen LogP contribution in [0.2, 0.25) is 0 Å². The normalized spacial score (nSPS) is 10.1. The summed E-state index contributed by atoms with van der Waals surface area (Å²) in [6.07, 6.45) is 0. The van der Waals surface area contributed by atoms with Crippen LogP contribution in [-0.2, 0) is 0 Å². The number of hydrogen-bond acceptors (Lipinski definition) is 3. The van der Waals surface area contributed by atoms with Crippen molar-refractivity contribution in [2.75, 3.05) is 12.4 Å². The Hall–Kier alpha value is -1.07. The van der Waals surface area contributed by atoms with Crippen molar-refractivity contribution < 1.29 is 19.4 Å². The summed E-state index contributed by atoms with van der Waals surface area (Å²) < 4.78 is 12.7. The summed E-state index contributed by atoms with van der Waals surface area (Å²) in [6.45, 7) is -0.0406. The molecule has 2 N–H and O–H groups in total. The minimum atomic E-state index is -1.16. The van der Waals surface area contributed by atoms with Gasteiger partial charge in [-0.3, -0.25) is 0 Å². The number of halogens is 1. The topological polar surface area (TPSA) is 57.5 Å². The van der Waals surface area contributed by atoms with Crippen LogP contribution in [-0.4, -0.2) is 28.5 Å². The van der Waals surface area contributed by atoms with Gasteiger partial charge in [-0.05, 0) is 18.2 Å². The van der Waals surface area contributed by atoms with Gasteiger partial charge < -0.3 is 10.2 Å². The Kier molecular flexibility index (Phi) is 3.91. The number of aliphatic hydroxyl groups is 1. The highest BCUT2D eigenvalue weighted by Gasteiger charge is 2.11. The molecule has 0 fully saturated rings. The lowest BCUT2D eigenvalue weighted by molar-refractivity contribution is 0.0692. The molecule has 0 atom stereocenters. The van der Waals surface area contributed by atoms with Gasteiger partial charge in [0.2, 0.25) is 0 Å². The van der Waals surface area contributed by atoms with E-state index in [4.69, 9.17) is 10.2 Å². The molecule has 1 aromatic rings. The quantitative estimate of drug-likeness (QED) is 0.751. The summed E-state index contributed by atoms with van der Waals surface area (Å²) in [7, 11) is 0. The molecule has 0 bridgehead atoms. The number of benzene rings is 1. The first kappa shape index (κ1) is 11.0. The Morgan fingerprint density at radius 2 is 2.21 bits per heavy atom. The van der Waals surface area contributed by atoms with E-state index < -0.39 is 11.8 Å². The number of hydrogen-bond donors (Lipinski definition) is 2. The van der Waals surface area contributed by atoms with Crippen LogP contribution in [0.15, 0.2) is 23.1 Å². The van der Waals surface area contributed by atoms with Crippen LogP contribution >= 0.6 is 11.8 Å². The van der Waals surface area contributed by atoms with Crippen LogP contribution in [0, 0.1) is 5.82 Å². The Bertz CT molecular complexity index is 341. The molecule has 0 saturated heterocycles. The van der Waals surface area contributed by atoms with Crippen molar-refractivity contribution in [3.63, 3.8) is 0 Å². The van der Waals surface area contributed by atoms with E-state index in [1.54, 1.807) is 0 Å². The minimum absolute atomic E-state index is 0.0406. The van der Waals surface area contributed by atoms with Gasteiger partial charge in [-0.25, -0.2) is 9.18 Å². The molecule has 76 valence electrons. The fraction of sp³-hybridized carbons (Fsp3) is 0.222. The second kappa shape index (κ2) is 4.97. The van der Waals surface area contributed by atoms with Crippen LogP contribution in [0.5, 0.6) is 0 Å². The summed E-state index contributed by atoms with van der Waals surface area (Å²) in [4.78, 5) is 11.2. The van der Waals surface area contributed by atoms with Crippen LogP contribution in [0.3, 0.4) is 0 Å². The largest absolute Gasteiger partial charge is 0.478 e. The van der Waals surface area contributed by atoms with Crippen molar-refractivity contribution >= 4 is 17.7 Å². The maximum Gasteiger partial charge on any atom is 0.336 e. The van der Waals surface area contributed by atoms with Crippen LogP contribution in [0.25, 0.3) is 0 Å². The van der Waals surface area contributed by atoms with Crippen LogP contribution in [0.4, 0.5) is 4.39 Å². The Morgan fingerprint density at radius 1 is 1.50 bits per heavy atom. The highest BCUT2D eigenvalue weighted by Crippen LogP contribution is 2.23. The fourth-order valence-corrected chi connectivity index (χ4v) is 1.73. The number of carboxylic acids is 1. The molecule has 5 heteroatoms. The van der Waals surface area contributed by atoms with Gasteiger partial charge >= 0.3 is 5.97 Å². The summed E-state index contributed by atoms with van der Waals surface area (Å²) in [5, 5.41) is 17.3. The van der Waals surface area contributed by atoms with E-state index in [0.717, 1.165) is 6.07 Å². The van der Waals surface area contributed by atoms with Crippen molar-refractivity contribution in [2.45, 2.75) is 4.90 Å². The Morgan fingerprint density at radius 3 is 2.79 bits per heavy atom. The molecule has 0 heterocycles. The van der Waals surface area contributed by atoms with Gasteiger partial charge in [0.25, 0.3) is 0 Å². The van der Waals surface area contributed by atoms with E-state index in [9.17, 15) is 9.18 Å². The molecular formula is C9H9FO3S. The number of aliphatic hydroxyl groups excluding tert-OH is 1. The first-order chi connectivity index (χ1) is 6.65. The van der Waals surface area contributed by atoms with Crippen molar-refractivity contribution in [1.29, 1.82) is 0 Å². The van der Waals surface area contributed by atoms with Gasteiger partial charge in [0.15, 0.2) is 0 Å². The van der Waals surface area contributed by atoms with Crippen molar-refractivity contribution in [3.8, 4) is 0 Å². The maximum absolute atomic E-state index is 12.7. The molecular weight excluding hydrogens is 207 g/mol. The Balaban J connectivity index is 2.96. The lowest BCUT2D eigenvalue weighted by Crippen LogP contribution is -2.00. The SMILES string of the molecule is O=C(O)c1cc(F)ccc1SCCO. The molecule has 0 radical (unpaired) electrons. The molecule has 14 heavy (non-hydrogen) atoms. The monoisotopic (exact) mass is 216 g/mol. The standard InChI is InChI=1S/C9H9FO3S/c10-6-1-2-8(14-4-3-11)7(5-6)9(12)13/h1-2,5,11H,3-4H2,(H,12,13). The van der Waals surface area contributed by atoms with E-state index in [-0.39, 0.29) is 12.2 Å². The van der Waals surface area contributed by atoms with Gasteiger partial charge in [0.05, 0.1) is 12.2 Å². The molecule has 1 rings (SSSR count). The molecule has 0 saturated carbocycles. The summed E-state index contributed by atoms with van der Waals surface area (Å²) in [5.41, 5.74) is -0.0662. The number of carboxylic acid groups (broad SMARTS) is 1. The molecule has 0 aliphatic rings. The third-order valence-corrected chi connectivity index (χ3v) is 2.57. The zero-order chi connectivity index (χ0) is 10.6. The summed E-state index contributed by atoms with van der Waals surface area (Å²) in [5.74, 6) is -1.34. The van der Waals surface area contributed by atoms with Crippen molar-refractivity contribution in [2.24, 2.45) is 0 Å². The minimum Gasteiger partial charge on any atom is -0.478 e. The predicted octanol–water partition coefficient (Wildman–Crippen LogP) is 1.61. The lowest BCUT2D eigenvalue weighted by atomic mass is 10.2. The average molecular weight is 216 g/mol. The molecule has 0 aliphatic carbocycles. The van der Waals surface area contributed by atoms with Crippen molar-refractivity contribution in [3.05, 3.63) is 29.6 Å². The zero-order valence-electron chi connectivity index (χ0n) is 7.24. The number of carbonyl (C=O) groups is 1. The number of thioether (sulfide) groups is 1. The predicted molar refractivity (Wildman–Crippen MR) is 51.2 cm³/mol. The van der Waals surface area contributed by atoms with E-state index >= 15 is 0 Å². The van der Waals surface area contributed by atoms with E-state index in [1.165, 1.54) is 23.9 Å². The third-order valence-electron chi connectivity index (χ3n) is 1.52. The Labute approximate surface area is 84.6 Å². The third kappa shape index (κ3) is 2.71. The molecule has 3 nitrogen and oxygen atoms in total. The zero-order valence-corrected chi connectivity index (χ0v) is 8.05. The second-order valence-corrected chi connectivity index (χ2v) is 3.65. The van der Waals surface area contributed by atoms with Gasteiger partial charge in [-0.15, -0.1) is 11.8 Å². The van der Waals surface area contributed by atoms with Crippen LogP contribution < -0.4 is 0 Å². The smallest absolute Gasteiger partial charge is 0.336 e. The number of aromatic carboxylic acids is 1. The fourth-order valence-electron chi connectivity index (χ4n) is 0.951. The van der Waals surface area contributed by atoms with Crippen molar-refractivity contribution in [1.82, 2.24) is 0 Å². The lowest BCUT2D eigenvalue weighted by Gasteiger charge is -2.04. The maximum atomic E-state index is 12.7. The van der Waals surface area contributed by atoms with Gasteiger partial charge in [0.1, 0.15) is 5.82 Å². The molecule has 0 spiro atoms. The molecule has 0 amide bonds. The molecule has 1 aromatic carbocycles. The summed E-state index contributed by atoms with van der Waals surface area (Å²) >= 11 is 1.19. The summed E-state index contributed by atoms with van der Waals surface area (Å²) in [6, 6.07) is 3.58. The highest BCUT2D eigenvalue weighted by atomic mass is 32.2.